The van der Waals surface area contributed by atoms with E-state index in [-0.39, 0.29) is 16.7 Å². The van der Waals surface area contributed by atoms with Crippen LogP contribution in [-0.4, -0.2) is 47.2 Å². The molecule has 0 saturated carbocycles. The number of hydrazone groups is 1. The maximum atomic E-state index is 10.9. The molecule has 1 fully saturated rings. The van der Waals surface area contributed by atoms with Gasteiger partial charge in [-0.2, -0.15) is 5.10 Å². The molecule has 1 heterocycles. The van der Waals surface area contributed by atoms with Crippen LogP contribution in [0.1, 0.15) is 22.7 Å². The van der Waals surface area contributed by atoms with Gasteiger partial charge in [-0.3, -0.25) is 20.0 Å². The topological polar surface area (TPSA) is 62.0 Å². The van der Waals surface area contributed by atoms with Gasteiger partial charge in [0, 0.05) is 43.9 Å². The fraction of sp³-hybridized carbons (Fsp3) is 0.208. The van der Waals surface area contributed by atoms with E-state index in [1.54, 1.807) is 18.3 Å². The number of rotatable bonds is 6. The Bertz CT molecular complexity index is 960. The number of non-ortho nitro benzene ring substituents is 1. The lowest BCUT2D eigenvalue weighted by Gasteiger charge is -2.38. The van der Waals surface area contributed by atoms with E-state index >= 15 is 0 Å². The van der Waals surface area contributed by atoms with Crippen molar-refractivity contribution in [3.63, 3.8) is 0 Å². The zero-order valence-electron chi connectivity index (χ0n) is 16.7. The highest BCUT2D eigenvalue weighted by molar-refractivity contribution is 5.80. The Labute approximate surface area is 176 Å². The summed E-state index contributed by atoms with van der Waals surface area (Å²) in [5.41, 5.74) is 3.39. The monoisotopic (exact) mass is 400 g/mol. The molecule has 0 aliphatic carbocycles. The molecule has 6 heteroatoms. The first-order valence-corrected chi connectivity index (χ1v) is 10.1. The number of hydrogen-bond donors (Lipinski definition) is 0. The molecule has 3 aromatic rings. The minimum absolute atomic E-state index is 0.0809. The number of piperazine rings is 1. The average Bonchev–Trinajstić information content (AvgIpc) is 2.80. The third kappa shape index (κ3) is 4.72. The Balaban J connectivity index is 1.45. The lowest BCUT2D eigenvalue weighted by Crippen LogP contribution is -2.45. The van der Waals surface area contributed by atoms with Gasteiger partial charge < -0.3 is 0 Å². The number of nitro groups is 1. The molecule has 1 aliphatic rings. The largest absolute Gasteiger partial charge is 0.294 e. The van der Waals surface area contributed by atoms with Crippen LogP contribution in [0.25, 0.3) is 0 Å². The predicted octanol–water partition coefficient (Wildman–Crippen LogP) is 4.34. The third-order valence-electron chi connectivity index (χ3n) is 5.34. The molecule has 0 spiro atoms. The Morgan fingerprint density at radius 3 is 2.00 bits per heavy atom. The van der Waals surface area contributed by atoms with Crippen molar-refractivity contribution in [1.29, 1.82) is 0 Å². The molecule has 1 saturated heterocycles. The molecule has 4 rings (SSSR count). The first kappa shape index (κ1) is 19.8. The molecule has 0 amide bonds. The summed E-state index contributed by atoms with van der Waals surface area (Å²) in [4.78, 5) is 13.0. The van der Waals surface area contributed by atoms with Crippen molar-refractivity contribution >= 4 is 11.9 Å². The highest BCUT2D eigenvalue weighted by Crippen LogP contribution is 2.29. The SMILES string of the molecule is O=[N+]([O-])c1cccc(/C=N\N2CCN(C(c3ccccc3)c3ccccc3)CC2)c1. The van der Waals surface area contributed by atoms with Crippen molar-refractivity contribution in [2.45, 2.75) is 6.04 Å². The maximum absolute atomic E-state index is 10.9. The summed E-state index contributed by atoms with van der Waals surface area (Å²) in [7, 11) is 0. The zero-order valence-corrected chi connectivity index (χ0v) is 16.7. The van der Waals surface area contributed by atoms with E-state index in [4.69, 9.17) is 0 Å². The Kier molecular flexibility index (Phi) is 6.15. The van der Waals surface area contributed by atoms with Gasteiger partial charge in [-0.05, 0) is 11.1 Å². The van der Waals surface area contributed by atoms with Crippen LogP contribution in [-0.2, 0) is 0 Å². The summed E-state index contributed by atoms with van der Waals surface area (Å²) in [6.45, 7) is 3.39. The lowest BCUT2D eigenvalue weighted by molar-refractivity contribution is -0.384. The Morgan fingerprint density at radius 2 is 1.43 bits per heavy atom. The summed E-state index contributed by atoms with van der Waals surface area (Å²) in [5, 5.41) is 17.5. The fourth-order valence-electron chi connectivity index (χ4n) is 3.84. The van der Waals surface area contributed by atoms with Crippen LogP contribution in [0.15, 0.2) is 90.0 Å². The van der Waals surface area contributed by atoms with E-state index in [1.807, 2.05) is 23.2 Å². The van der Waals surface area contributed by atoms with Gasteiger partial charge in [0.15, 0.2) is 0 Å². The fourth-order valence-corrected chi connectivity index (χ4v) is 3.84. The van der Waals surface area contributed by atoms with E-state index in [9.17, 15) is 10.1 Å². The van der Waals surface area contributed by atoms with Crippen LogP contribution < -0.4 is 0 Å². The van der Waals surface area contributed by atoms with Gasteiger partial charge in [0.05, 0.1) is 17.2 Å². The van der Waals surface area contributed by atoms with Crippen molar-refractivity contribution < 1.29 is 4.92 Å². The summed E-state index contributed by atoms with van der Waals surface area (Å²) < 4.78 is 0. The minimum atomic E-state index is -0.386. The average molecular weight is 400 g/mol. The number of benzene rings is 3. The van der Waals surface area contributed by atoms with Crippen molar-refractivity contribution in [3.05, 3.63) is 112 Å². The van der Waals surface area contributed by atoms with Gasteiger partial charge in [-0.1, -0.05) is 72.8 Å². The smallest absolute Gasteiger partial charge is 0.270 e. The van der Waals surface area contributed by atoms with Crippen molar-refractivity contribution in [2.75, 3.05) is 26.2 Å². The van der Waals surface area contributed by atoms with E-state index < -0.39 is 0 Å². The van der Waals surface area contributed by atoms with Gasteiger partial charge in [0.1, 0.15) is 0 Å². The molecule has 30 heavy (non-hydrogen) atoms. The first-order valence-electron chi connectivity index (χ1n) is 10.1. The summed E-state index contributed by atoms with van der Waals surface area (Å²) >= 11 is 0. The highest BCUT2D eigenvalue weighted by Gasteiger charge is 2.25. The molecular formula is C24H24N4O2. The second-order valence-electron chi connectivity index (χ2n) is 7.31. The third-order valence-corrected chi connectivity index (χ3v) is 5.34. The van der Waals surface area contributed by atoms with Crippen LogP contribution >= 0.6 is 0 Å². The van der Waals surface area contributed by atoms with Crippen LogP contribution in [0, 0.1) is 10.1 Å². The van der Waals surface area contributed by atoms with E-state index in [2.05, 4.69) is 58.5 Å². The van der Waals surface area contributed by atoms with Crippen LogP contribution in [0.5, 0.6) is 0 Å². The molecule has 0 unspecified atom stereocenters. The van der Waals surface area contributed by atoms with E-state index in [0.717, 1.165) is 31.7 Å². The quantitative estimate of drug-likeness (QED) is 0.351. The standard InChI is InChI=1S/C24H24N4O2/c29-28(30)23-13-7-8-20(18-23)19-25-27-16-14-26(15-17-27)24(21-9-3-1-4-10-21)22-11-5-2-6-12-22/h1-13,18-19,24H,14-17H2/b25-19-. The van der Waals surface area contributed by atoms with Crippen molar-refractivity contribution in [1.82, 2.24) is 9.91 Å². The predicted molar refractivity (Wildman–Crippen MR) is 119 cm³/mol. The second-order valence-corrected chi connectivity index (χ2v) is 7.31. The van der Waals surface area contributed by atoms with Gasteiger partial charge in [-0.25, -0.2) is 0 Å². The number of hydrogen-bond acceptors (Lipinski definition) is 5. The van der Waals surface area contributed by atoms with Gasteiger partial charge in [-0.15, -0.1) is 0 Å². The maximum Gasteiger partial charge on any atom is 0.270 e. The zero-order chi connectivity index (χ0) is 20.8. The van der Waals surface area contributed by atoms with Gasteiger partial charge in [0.2, 0.25) is 0 Å². The molecule has 1 aliphatic heterocycles. The van der Waals surface area contributed by atoms with Crippen LogP contribution in [0.2, 0.25) is 0 Å². The lowest BCUT2D eigenvalue weighted by atomic mass is 9.96. The Hall–Kier alpha value is -3.51. The summed E-state index contributed by atoms with van der Waals surface area (Å²) in [6, 6.07) is 27.9. The molecule has 0 N–H and O–H groups in total. The van der Waals surface area contributed by atoms with Crippen molar-refractivity contribution in [3.8, 4) is 0 Å². The molecule has 6 nitrogen and oxygen atoms in total. The van der Waals surface area contributed by atoms with Crippen LogP contribution in [0.3, 0.4) is 0 Å². The molecule has 0 aromatic heterocycles. The van der Waals surface area contributed by atoms with E-state index in [0.29, 0.717) is 0 Å². The first-order chi connectivity index (χ1) is 14.7. The van der Waals surface area contributed by atoms with Crippen LogP contribution in [0.4, 0.5) is 5.69 Å². The number of nitro benzene ring substituents is 1. The summed E-state index contributed by atoms with van der Waals surface area (Å²) in [6.07, 6.45) is 1.70. The Morgan fingerprint density at radius 1 is 0.833 bits per heavy atom. The highest BCUT2D eigenvalue weighted by atomic mass is 16.6. The minimum Gasteiger partial charge on any atom is -0.294 e. The molecular weight excluding hydrogens is 376 g/mol. The van der Waals surface area contributed by atoms with Gasteiger partial charge >= 0.3 is 0 Å². The molecule has 0 bridgehead atoms. The molecule has 0 atom stereocenters. The summed E-state index contributed by atoms with van der Waals surface area (Å²) in [5.74, 6) is 0. The van der Waals surface area contributed by atoms with E-state index in [1.165, 1.54) is 17.2 Å². The normalized spacial score (nSPS) is 15.0. The molecule has 3 aromatic carbocycles. The molecule has 152 valence electrons. The molecule has 0 radical (unpaired) electrons. The van der Waals surface area contributed by atoms with Gasteiger partial charge in [0.25, 0.3) is 5.69 Å². The second kappa shape index (κ2) is 9.33. The number of nitrogens with zero attached hydrogens (tertiary/aromatic N) is 4. The van der Waals surface area contributed by atoms with Crippen molar-refractivity contribution in [2.24, 2.45) is 5.10 Å².